The van der Waals surface area contributed by atoms with Crippen LogP contribution in [-0.4, -0.2) is 40.8 Å². The lowest BCUT2D eigenvalue weighted by atomic mass is 9.94. The van der Waals surface area contributed by atoms with E-state index in [1.165, 1.54) is 23.1 Å². The van der Waals surface area contributed by atoms with Crippen molar-refractivity contribution in [2.24, 2.45) is 5.92 Å². The number of anilines is 1. The molecule has 174 valence electrons. The van der Waals surface area contributed by atoms with Gasteiger partial charge < -0.3 is 10.1 Å². The first-order chi connectivity index (χ1) is 16.1. The molecule has 2 amide bonds. The number of nitrogens with zero attached hydrogens (tertiary/aromatic N) is 2. The molecule has 2 fully saturated rings. The lowest BCUT2D eigenvalue weighted by Gasteiger charge is -2.35. The average molecular weight is 468 g/mol. The zero-order valence-electron chi connectivity index (χ0n) is 18.7. The fourth-order valence-electron chi connectivity index (χ4n) is 4.57. The quantitative estimate of drug-likeness (QED) is 0.665. The van der Waals surface area contributed by atoms with Crippen LogP contribution in [0.15, 0.2) is 48.8 Å². The number of benzene rings is 1. The van der Waals surface area contributed by atoms with Gasteiger partial charge in [0.05, 0.1) is 18.7 Å². The van der Waals surface area contributed by atoms with Gasteiger partial charge in [0.2, 0.25) is 11.8 Å². The van der Waals surface area contributed by atoms with Gasteiger partial charge in [-0.1, -0.05) is 43.2 Å². The third-order valence-corrected chi connectivity index (χ3v) is 7.33. The summed E-state index contributed by atoms with van der Waals surface area (Å²) in [4.78, 5) is 45.2. The van der Waals surface area contributed by atoms with Crippen LogP contribution in [0.4, 0.5) is 5.69 Å². The van der Waals surface area contributed by atoms with Crippen LogP contribution >= 0.6 is 11.8 Å². The minimum atomic E-state index is -0.903. The standard InChI is InChI=1S/C25H29N3O4S/c1-32-21-10-6-5-9-20(21)28(25(31)18-15-22(29)33-16-18)23(17-11-13-26-14-12-17)24(30)27-19-7-3-2-4-8-19/h5-6,9-14,18-19,23H,2-4,7-8,15-16H2,1H3,(H,27,30)/t18-,23-/m0/s1. The van der Waals surface area contributed by atoms with Gasteiger partial charge in [-0.2, -0.15) is 0 Å². The number of pyridine rings is 1. The molecule has 1 N–H and O–H groups in total. The van der Waals surface area contributed by atoms with Crippen molar-refractivity contribution in [1.82, 2.24) is 10.3 Å². The summed E-state index contributed by atoms with van der Waals surface area (Å²) in [7, 11) is 1.54. The largest absolute Gasteiger partial charge is 0.495 e. The Morgan fingerprint density at radius 2 is 1.85 bits per heavy atom. The number of methoxy groups -OCH3 is 1. The van der Waals surface area contributed by atoms with Gasteiger partial charge in [0.1, 0.15) is 11.8 Å². The Morgan fingerprint density at radius 3 is 2.52 bits per heavy atom. The molecule has 2 atom stereocenters. The molecule has 1 saturated carbocycles. The van der Waals surface area contributed by atoms with Crippen molar-refractivity contribution in [2.75, 3.05) is 17.8 Å². The van der Waals surface area contributed by atoms with Crippen LogP contribution in [0, 0.1) is 5.92 Å². The Balaban J connectivity index is 1.77. The number of rotatable bonds is 7. The second kappa shape index (κ2) is 10.8. The number of ether oxygens (including phenoxy) is 1. The van der Waals surface area contributed by atoms with Gasteiger partial charge in [-0.3, -0.25) is 24.3 Å². The summed E-state index contributed by atoms with van der Waals surface area (Å²) in [6, 6.07) is 9.90. The fourth-order valence-corrected chi connectivity index (χ4v) is 5.54. The lowest BCUT2D eigenvalue weighted by molar-refractivity contribution is -0.129. The predicted molar refractivity (Wildman–Crippen MR) is 128 cm³/mol. The summed E-state index contributed by atoms with van der Waals surface area (Å²) in [5.41, 5.74) is 1.17. The van der Waals surface area contributed by atoms with Gasteiger partial charge in [-0.05, 0) is 42.7 Å². The van der Waals surface area contributed by atoms with Crippen molar-refractivity contribution < 1.29 is 19.1 Å². The molecule has 1 aliphatic heterocycles. The Kier molecular flexibility index (Phi) is 7.65. The van der Waals surface area contributed by atoms with Crippen LogP contribution < -0.4 is 15.0 Å². The Morgan fingerprint density at radius 1 is 1.12 bits per heavy atom. The van der Waals surface area contributed by atoms with Gasteiger partial charge in [0, 0.05) is 30.6 Å². The molecule has 1 aromatic carbocycles. The van der Waals surface area contributed by atoms with E-state index < -0.39 is 12.0 Å². The number of para-hydroxylation sites is 2. The molecule has 4 rings (SSSR count). The van der Waals surface area contributed by atoms with E-state index in [1.54, 1.807) is 43.8 Å². The predicted octanol–water partition coefficient (Wildman–Crippen LogP) is 3.89. The molecule has 2 heterocycles. The number of carbonyl (C=O) groups is 3. The molecule has 2 aromatic rings. The van der Waals surface area contributed by atoms with Gasteiger partial charge in [0.15, 0.2) is 5.12 Å². The summed E-state index contributed by atoms with van der Waals surface area (Å²) in [6.07, 6.45) is 8.63. The first-order valence-corrected chi connectivity index (χ1v) is 12.4. The smallest absolute Gasteiger partial charge is 0.248 e. The first kappa shape index (κ1) is 23.3. The molecule has 7 nitrogen and oxygen atoms in total. The molecule has 2 aliphatic rings. The fraction of sp³-hybridized carbons (Fsp3) is 0.440. The molecule has 0 spiro atoms. The number of aromatic nitrogens is 1. The number of hydrogen-bond donors (Lipinski definition) is 1. The van der Waals surface area contributed by atoms with E-state index in [2.05, 4.69) is 10.3 Å². The Labute approximate surface area is 198 Å². The van der Waals surface area contributed by atoms with Gasteiger partial charge >= 0.3 is 0 Å². The number of hydrogen-bond acceptors (Lipinski definition) is 6. The molecule has 8 heteroatoms. The zero-order valence-corrected chi connectivity index (χ0v) is 19.6. The van der Waals surface area contributed by atoms with Gasteiger partial charge in [-0.15, -0.1) is 0 Å². The third-order valence-electron chi connectivity index (χ3n) is 6.27. The first-order valence-electron chi connectivity index (χ1n) is 11.4. The van der Waals surface area contributed by atoms with Gasteiger partial charge in [-0.25, -0.2) is 0 Å². The molecular weight excluding hydrogens is 438 g/mol. The van der Waals surface area contributed by atoms with Crippen LogP contribution in [0.25, 0.3) is 0 Å². The second-order valence-corrected chi connectivity index (χ2v) is 9.57. The molecule has 0 bridgehead atoms. The number of amides is 2. The minimum Gasteiger partial charge on any atom is -0.495 e. The van der Waals surface area contributed by atoms with E-state index in [0.717, 1.165) is 25.7 Å². The van der Waals surface area contributed by atoms with Crippen molar-refractivity contribution >= 4 is 34.4 Å². The number of thioether (sulfide) groups is 1. The van der Waals surface area contributed by atoms with Crippen LogP contribution in [-0.2, 0) is 14.4 Å². The topological polar surface area (TPSA) is 88.6 Å². The van der Waals surface area contributed by atoms with Crippen LogP contribution in [0.1, 0.15) is 50.1 Å². The maximum Gasteiger partial charge on any atom is 0.248 e. The van der Waals surface area contributed by atoms with Crippen molar-refractivity contribution in [3.8, 4) is 5.75 Å². The molecule has 0 radical (unpaired) electrons. The average Bonchev–Trinajstić information content (AvgIpc) is 3.29. The molecule has 33 heavy (non-hydrogen) atoms. The summed E-state index contributed by atoms with van der Waals surface area (Å²) in [5.74, 6) is -0.0641. The van der Waals surface area contributed by atoms with Crippen LogP contribution in [0.5, 0.6) is 5.75 Å². The normalized spacial score (nSPS) is 19.7. The van der Waals surface area contributed by atoms with Crippen molar-refractivity contribution in [1.29, 1.82) is 0 Å². The van der Waals surface area contributed by atoms with Crippen LogP contribution in [0.3, 0.4) is 0 Å². The molecule has 1 aromatic heterocycles. The SMILES string of the molecule is COc1ccccc1N(C(=O)[C@@H]1CSC(=O)C1)[C@H](C(=O)NC1CCCCC1)c1ccncc1. The van der Waals surface area contributed by atoms with Crippen molar-refractivity contribution in [3.05, 3.63) is 54.4 Å². The number of carbonyl (C=O) groups excluding carboxylic acids is 3. The summed E-state index contributed by atoms with van der Waals surface area (Å²) in [6.45, 7) is 0. The molecule has 0 unspecified atom stereocenters. The molecule has 1 saturated heterocycles. The second-order valence-electron chi connectivity index (χ2n) is 8.49. The summed E-state index contributed by atoms with van der Waals surface area (Å²) >= 11 is 1.17. The molecular formula is C25H29N3O4S. The third kappa shape index (κ3) is 5.38. The van der Waals surface area contributed by atoms with E-state index in [4.69, 9.17) is 4.74 Å². The van der Waals surface area contributed by atoms with Gasteiger partial charge in [0.25, 0.3) is 0 Å². The van der Waals surface area contributed by atoms with Crippen molar-refractivity contribution in [3.63, 3.8) is 0 Å². The molecule has 1 aliphatic carbocycles. The highest BCUT2D eigenvalue weighted by Gasteiger charge is 2.40. The minimum absolute atomic E-state index is 0.000412. The highest BCUT2D eigenvalue weighted by molar-refractivity contribution is 8.14. The maximum atomic E-state index is 13.9. The van der Waals surface area contributed by atoms with E-state index in [-0.39, 0.29) is 29.4 Å². The van der Waals surface area contributed by atoms with E-state index in [1.807, 2.05) is 12.1 Å². The van der Waals surface area contributed by atoms with E-state index in [9.17, 15) is 14.4 Å². The van der Waals surface area contributed by atoms with E-state index >= 15 is 0 Å². The zero-order chi connectivity index (χ0) is 23.2. The highest BCUT2D eigenvalue weighted by Crippen LogP contribution is 2.38. The lowest BCUT2D eigenvalue weighted by Crippen LogP contribution is -2.49. The van der Waals surface area contributed by atoms with Crippen molar-refractivity contribution in [2.45, 2.75) is 50.6 Å². The Hall–Kier alpha value is -2.87. The van der Waals surface area contributed by atoms with Crippen LogP contribution in [0.2, 0.25) is 0 Å². The summed E-state index contributed by atoms with van der Waals surface area (Å²) in [5, 5.41) is 3.19. The summed E-state index contributed by atoms with van der Waals surface area (Å²) < 4.78 is 5.57. The number of nitrogens with one attached hydrogen (secondary N) is 1. The monoisotopic (exact) mass is 467 g/mol. The maximum absolute atomic E-state index is 13.9. The Bertz CT molecular complexity index is 994. The van der Waals surface area contributed by atoms with E-state index in [0.29, 0.717) is 22.8 Å². The highest BCUT2D eigenvalue weighted by atomic mass is 32.2.